The first-order chi connectivity index (χ1) is 10.1. The standard InChI is InChI=1S/C17H14FIN2/c1-21-17(13-3-2-4-15(19)10-13)11-16(20-21)9-12-5-7-14(18)8-6-12/h2-8,10-11H,9H2,1H3. The first-order valence-corrected chi connectivity index (χ1v) is 7.73. The largest absolute Gasteiger partial charge is 0.268 e. The van der Waals surface area contributed by atoms with Crippen molar-refractivity contribution in [3.8, 4) is 11.3 Å². The van der Waals surface area contributed by atoms with Crippen LogP contribution in [0.25, 0.3) is 11.3 Å². The number of aryl methyl sites for hydroxylation is 1. The van der Waals surface area contributed by atoms with Crippen LogP contribution >= 0.6 is 22.6 Å². The lowest BCUT2D eigenvalue weighted by atomic mass is 10.1. The van der Waals surface area contributed by atoms with Crippen LogP contribution in [0.4, 0.5) is 4.39 Å². The lowest BCUT2D eigenvalue weighted by molar-refractivity contribution is 0.627. The van der Waals surface area contributed by atoms with Crippen molar-refractivity contribution >= 4 is 22.6 Å². The second-order valence-electron chi connectivity index (χ2n) is 4.96. The van der Waals surface area contributed by atoms with Crippen LogP contribution in [0.1, 0.15) is 11.3 Å². The van der Waals surface area contributed by atoms with E-state index in [0.717, 1.165) is 22.5 Å². The van der Waals surface area contributed by atoms with E-state index in [2.05, 4.69) is 52.0 Å². The molecule has 0 bridgehead atoms. The average Bonchev–Trinajstić information content (AvgIpc) is 2.82. The van der Waals surface area contributed by atoms with Gasteiger partial charge in [-0.2, -0.15) is 5.10 Å². The maximum absolute atomic E-state index is 12.9. The van der Waals surface area contributed by atoms with E-state index in [4.69, 9.17) is 0 Å². The topological polar surface area (TPSA) is 17.8 Å². The Morgan fingerprint density at radius 1 is 1.10 bits per heavy atom. The van der Waals surface area contributed by atoms with Crippen molar-refractivity contribution in [2.24, 2.45) is 7.05 Å². The summed E-state index contributed by atoms with van der Waals surface area (Å²) in [6, 6.07) is 17.0. The normalized spacial score (nSPS) is 10.8. The van der Waals surface area contributed by atoms with E-state index in [-0.39, 0.29) is 5.82 Å². The van der Waals surface area contributed by atoms with Gasteiger partial charge in [-0.1, -0.05) is 24.3 Å². The molecule has 106 valence electrons. The van der Waals surface area contributed by atoms with Crippen LogP contribution in [0.15, 0.2) is 54.6 Å². The highest BCUT2D eigenvalue weighted by molar-refractivity contribution is 14.1. The third-order valence-electron chi connectivity index (χ3n) is 3.35. The number of nitrogens with zero attached hydrogens (tertiary/aromatic N) is 2. The number of benzene rings is 2. The quantitative estimate of drug-likeness (QED) is 0.604. The SMILES string of the molecule is Cn1nc(Cc2ccc(F)cc2)cc1-c1cccc(I)c1. The minimum absolute atomic E-state index is 0.209. The molecule has 0 saturated carbocycles. The van der Waals surface area contributed by atoms with Crippen LogP contribution in [0.2, 0.25) is 0 Å². The smallest absolute Gasteiger partial charge is 0.123 e. The molecule has 2 aromatic carbocycles. The summed E-state index contributed by atoms with van der Waals surface area (Å²) >= 11 is 2.31. The molecule has 0 atom stereocenters. The van der Waals surface area contributed by atoms with Crippen molar-refractivity contribution in [1.82, 2.24) is 9.78 Å². The van der Waals surface area contributed by atoms with E-state index in [1.807, 2.05) is 17.8 Å². The van der Waals surface area contributed by atoms with Crippen molar-refractivity contribution in [3.63, 3.8) is 0 Å². The molecule has 0 amide bonds. The third-order valence-corrected chi connectivity index (χ3v) is 4.02. The Bertz CT molecular complexity index is 763. The Labute approximate surface area is 136 Å². The van der Waals surface area contributed by atoms with Crippen LogP contribution in [-0.4, -0.2) is 9.78 Å². The second kappa shape index (κ2) is 5.97. The molecule has 0 aliphatic rings. The highest BCUT2D eigenvalue weighted by Crippen LogP contribution is 2.22. The summed E-state index contributed by atoms with van der Waals surface area (Å²) in [6.45, 7) is 0. The zero-order valence-electron chi connectivity index (χ0n) is 11.6. The molecule has 0 aliphatic heterocycles. The van der Waals surface area contributed by atoms with Crippen molar-refractivity contribution in [2.45, 2.75) is 6.42 Å². The fourth-order valence-electron chi connectivity index (χ4n) is 2.34. The van der Waals surface area contributed by atoms with Gasteiger partial charge in [-0.05, 0) is 58.5 Å². The number of aromatic nitrogens is 2. The summed E-state index contributed by atoms with van der Waals surface area (Å²) in [4.78, 5) is 0. The number of halogens is 2. The Morgan fingerprint density at radius 2 is 1.86 bits per heavy atom. The van der Waals surface area contributed by atoms with Gasteiger partial charge in [-0.3, -0.25) is 4.68 Å². The molecule has 4 heteroatoms. The second-order valence-corrected chi connectivity index (χ2v) is 6.20. The zero-order chi connectivity index (χ0) is 14.8. The van der Waals surface area contributed by atoms with E-state index in [1.165, 1.54) is 15.7 Å². The lowest BCUT2D eigenvalue weighted by Gasteiger charge is -2.01. The van der Waals surface area contributed by atoms with Gasteiger partial charge in [0, 0.05) is 22.6 Å². The van der Waals surface area contributed by atoms with Gasteiger partial charge in [0.25, 0.3) is 0 Å². The van der Waals surface area contributed by atoms with E-state index in [9.17, 15) is 4.39 Å². The Balaban J connectivity index is 1.89. The van der Waals surface area contributed by atoms with E-state index in [1.54, 1.807) is 12.1 Å². The lowest BCUT2D eigenvalue weighted by Crippen LogP contribution is -1.95. The van der Waals surface area contributed by atoms with Crippen molar-refractivity contribution < 1.29 is 4.39 Å². The van der Waals surface area contributed by atoms with Crippen molar-refractivity contribution in [2.75, 3.05) is 0 Å². The summed E-state index contributed by atoms with van der Waals surface area (Å²) < 4.78 is 16.0. The molecule has 21 heavy (non-hydrogen) atoms. The van der Waals surface area contributed by atoms with Crippen LogP contribution in [0.3, 0.4) is 0 Å². The van der Waals surface area contributed by atoms with Crippen LogP contribution in [0, 0.1) is 9.39 Å². The molecular formula is C17H14FIN2. The van der Waals surface area contributed by atoms with Gasteiger partial charge < -0.3 is 0 Å². The number of rotatable bonds is 3. The molecule has 1 aromatic heterocycles. The minimum atomic E-state index is -0.209. The van der Waals surface area contributed by atoms with Gasteiger partial charge >= 0.3 is 0 Å². The molecule has 0 unspecified atom stereocenters. The average molecular weight is 392 g/mol. The predicted octanol–water partition coefficient (Wildman–Crippen LogP) is 4.42. The summed E-state index contributed by atoms with van der Waals surface area (Å²) in [5, 5.41) is 4.55. The van der Waals surface area contributed by atoms with Gasteiger partial charge in [0.1, 0.15) is 5.82 Å². The van der Waals surface area contributed by atoms with Crippen LogP contribution < -0.4 is 0 Å². The predicted molar refractivity (Wildman–Crippen MR) is 90.6 cm³/mol. The van der Waals surface area contributed by atoms with Gasteiger partial charge in [0.2, 0.25) is 0 Å². The zero-order valence-corrected chi connectivity index (χ0v) is 13.7. The maximum atomic E-state index is 12.9. The van der Waals surface area contributed by atoms with Crippen LogP contribution in [0.5, 0.6) is 0 Å². The fraction of sp³-hybridized carbons (Fsp3) is 0.118. The van der Waals surface area contributed by atoms with Crippen LogP contribution in [-0.2, 0) is 13.5 Å². The Kier molecular flexibility index (Phi) is 4.05. The van der Waals surface area contributed by atoms with Gasteiger partial charge in [-0.15, -0.1) is 0 Å². The molecule has 2 nitrogen and oxygen atoms in total. The number of hydrogen-bond acceptors (Lipinski definition) is 1. The van der Waals surface area contributed by atoms with Gasteiger partial charge in [0.15, 0.2) is 0 Å². The monoisotopic (exact) mass is 392 g/mol. The van der Waals surface area contributed by atoms with Crippen molar-refractivity contribution in [1.29, 1.82) is 0 Å². The summed E-state index contributed by atoms with van der Waals surface area (Å²) in [5.74, 6) is -0.209. The summed E-state index contributed by atoms with van der Waals surface area (Å²) in [7, 11) is 1.95. The first-order valence-electron chi connectivity index (χ1n) is 6.65. The molecule has 0 fully saturated rings. The molecule has 0 spiro atoms. The summed E-state index contributed by atoms with van der Waals surface area (Å²) in [6.07, 6.45) is 0.706. The Hall–Kier alpha value is -1.69. The minimum Gasteiger partial charge on any atom is -0.268 e. The molecule has 0 N–H and O–H groups in total. The van der Waals surface area contributed by atoms with E-state index in [0.29, 0.717) is 6.42 Å². The maximum Gasteiger partial charge on any atom is 0.123 e. The number of hydrogen-bond donors (Lipinski definition) is 0. The van der Waals surface area contributed by atoms with Gasteiger partial charge in [0.05, 0.1) is 11.4 Å². The van der Waals surface area contributed by atoms with E-state index < -0.39 is 0 Å². The highest BCUT2D eigenvalue weighted by atomic mass is 127. The molecule has 3 aromatic rings. The molecular weight excluding hydrogens is 378 g/mol. The van der Waals surface area contributed by atoms with E-state index >= 15 is 0 Å². The third kappa shape index (κ3) is 3.32. The molecule has 0 aliphatic carbocycles. The molecule has 3 rings (SSSR count). The van der Waals surface area contributed by atoms with Gasteiger partial charge in [-0.25, -0.2) is 4.39 Å². The Morgan fingerprint density at radius 3 is 2.57 bits per heavy atom. The van der Waals surface area contributed by atoms with Crippen molar-refractivity contribution in [3.05, 3.63) is 75.2 Å². The first kappa shape index (κ1) is 14.3. The highest BCUT2D eigenvalue weighted by Gasteiger charge is 2.08. The molecule has 0 radical (unpaired) electrons. The summed E-state index contributed by atoms with van der Waals surface area (Å²) in [5.41, 5.74) is 4.29. The fourth-order valence-corrected chi connectivity index (χ4v) is 2.89. The molecule has 1 heterocycles. The molecule has 0 saturated heterocycles.